The zero-order valence-electron chi connectivity index (χ0n) is 12.6. The summed E-state index contributed by atoms with van der Waals surface area (Å²) < 4.78 is 0. The number of aromatic nitrogens is 1. The summed E-state index contributed by atoms with van der Waals surface area (Å²) in [6, 6.07) is 3.54. The van der Waals surface area contributed by atoms with Gasteiger partial charge in [-0.3, -0.25) is 4.79 Å². The van der Waals surface area contributed by atoms with E-state index in [1.165, 1.54) is 32.1 Å². The predicted molar refractivity (Wildman–Crippen MR) is 81.6 cm³/mol. The summed E-state index contributed by atoms with van der Waals surface area (Å²) in [6.45, 7) is 2.87. The number of carbonyl (C=O) groups excluding carboxylic acids is 1. The molecular formula is C16H25N3O. The van der Waals surface area contributed by atoms with Crippen LogP contribution < -0.4 is 5.73 Å². The van der Waals surface area contributed by atoms with Crippen LogP contribution in [0.3, 0.4) is 0 Å². The maximum Gasteiger partial charge on any atom is 0.253 e. The molecule has 0 radical (unpaired) electrons. The Hall–Kier alpha value is -1.58. The van der Waals surface area contributed by atoms with E-state index < -0.39 is 0 Å². The van der Waals surface area contributed by atoms with E-state index in [1.54, 1.807) is 6.07 Å². The lowest BCUT2D eigenvalue weighted by molar-refractivity contribution is 0.0760. The summed E-state index contributed by atoms with van der Waals surface area (Å²) in [4.78, 5) is 18.5. The summed E-state index contributed by atoms with van der Waals surface area (Å²) in [5, 5.41) is 0. The molecule has 0 bridgehead atoms. The van der Waals surface area contributed by atoms with Crippen LogP contribution in [0, 0.1) is 5.92 Å². The minimum absolute atomic E-state index is 0.0550. The predicted octanol–water partition coefficient (Wildman–Crippen LogP) is 2.88. The molecule has 20 heavy (non-hydrogen) atoms. The summed E-state index contributed by atoms with van der Waals surface area (Å²) in [5.74, 6) is 1.14. The van der Waals surface area contributed by atoms with Gasteiger partial charge in [-0.2, -0.15) is 0 Å². The molecule has 1 aromatic heterocycles. The standard InChI is InChI=1S/C16H25N3O/c1-3-14-9-13(10-15(17)18-14)16(20)19(2)11-12-7-5-4-6-8-12/h9-10,12H,3-8,11H2,1-2H3,(H2,17,18). The van der Waals surface area contributed by atoms with E-state index in [-0.39, 0.29) is 5.91 Å². The van der Waals surface area contributed by atoms with Gasteiger partial charge in [-0.05, 0) is 37.3 Å². The van der Waals surface area contributed by atoms with Crippen molar-refractivity contribution in [2.45, 2.75) is 45.4 Å². The van der Waals surface area contributed by atoms with Crippen molar-refractivity contribution in [3.63, 3.8) is 0 Å². The number of carbonyl (C=O) groups is 1. The van der Waals surface area contributed by atoms with Crippen molar-refractivity contribution in [1.82, 2.24) is 9.88 Å². The molecule has 0 aromatic carbocycles. The minimum atomic E-state index is 0.0550. The van der Waals surface area contributed by atoms with E-state index in [0.29, 0.717) is 17.3 Å². The third kappa shape index (κ3) is 3.71. The lowest BCUT2D eigenvalue weighted by Gasteiger charge is -2.27. The Morgan fingerprint density at radius 2 is 2.05 bits per heavy atom. The summed E-state index contributed by atoms with van der Waals surface area (Å²) in [5.41, 5.74) is 7.31. The minimum Gasteiger partial charge on any atom is -0.384 e. The number of rotatable bonds is 4. The number of nitrogens with two attached hydrogens (primary N) is 1. The van der Waals surface area contributed by atoms with Crippen LogP contribution in [0.4, 0.5) is 5.82 Å². The van der Waals surface area contributed by atoms with Crippen LogP contribution in [0.5, 0.6) is 0 Å². The monoisotopic (exact) mass is 275 g/mol. The third-order valence-corrected chi connectivity index (χ3v) is 4.11. The molecule has 0 saturated heterocycles. The van der Waals surface area contributed by atoms with E-state index >= 15 is 0 Å². The molecule has 2 N–H and O–H groups in total. The summed E-state index contributed by atoms with van der Waals surface area (Å²) in [7, 11) is 1.89. The fourth-order valence-corrected chi connectivity index (χ4v) is 2.98. The average Bonchev–Trinajstić information content (AvgIpc) is 2.46. The van der Waals surface area contributed by atoms with Gasteiger partial charge in [0.1, 0.15) is 5.82 Å². The second-order valence-corrected chi connectivity index (χ2v) is 5.82. The van der Waals surface area contributed by atoms with Crippen molar-refractivity contribution in [1.29, 1.82) is 0 Å². The second-order valence-electron chi connectivity index (χ2n) is 5.82. The first-order valence-corrected chi connectivity index (χ1v) is 7.62. The Morgan fingerprint density at radius 3 is 2.70 bits per heavy atom. The molecule has 1 fully saturated rings. The fourth-order valence-electron chi connectivity index (χ4n) is 2.98. The SMILES string of the molecule is CCc1cc(C(=O)N(C)CC2CCCCC2)cc(N)n1. The van der Waals surface area contributed by atoms with Gasteiger partial charge in [-0.25, -0.2) is 4.98 Å². The maximum absolute atomic E-state index is 12.5. The molecule has 1 heterocycles. The number of nitrogens with zero attached hydrogens (tertiary/aromatic N) is 2. The van der Waals surface area contributed by atoms with Crippen molar-refractivity contribution in [2.75, 3.05) is 19.3 Å². The highest BCUT2D eigenvalue weighted by molar-refractivity contribution is 5.94. The molecule has 0 atom stereocenters. The fraction of sp³-hybridized carbons (Fsp3) is 0.625. The van der Waals surface area contributed by atoms with Crippen molar-refractivity contribution >= 4 is 11.7 Å². The summed E-state index contributed by atoms with van der Waals surface area (Å²) in [6.07, 6.45) is 7.23. The van der Waals surface area contributed by atoms with Gasteiger partial charge in [-0.1, -0.05) is 26.2 Å². The Labute approximate surface area is 121 Å². The van der Waals surface area contributed by atoms with E-state index in [2.05, 4.69) is 4.98 Å². The number of amides is 1. The second kappa shape index (κ2) is 6.73. The highest BCUT2D eigenvalue weighted by Gasteiger charge is 2.19. The van der Waals surface area contributed by atoms with Crippen LogP contribution in [-0.4, -0.2) is 29.4 Å². The van der Waals surface area contributed by atoms with Gasteiger partial charge in [0.15, 0.2) is 0 Å². The molecule has 4 heteroatoms. The number of hydrogen-bond donors (Lipinski definition) is 1. The van der Waals surface area contributed by atoms with E-state index in [4.69, 9.17) is 5.73 Å². The zero-order chi connectivity index (χ0) is 14.5. The smallest absolute Gasteiger partial charge is 0.253 e. The molecule has 1 saturated carbocycles. The van der Waals surface area contributed by atoms with Gasteiger partial charge in [0.2, 0.25) is 0 Å². The van der Waals surface area contributed by atoms with Gasteiger partial charge >= 0.3 is 0 Å². The molecule has 1 aliphatic carbocycles. The van der Waals surface area contributed by atoms with Crippen molar-refractivity contribution < 1.29 is 4.79 Å². The van der Waals surface area contributed by atoms with Gasteiger partial charge in [0.25, 0.3) is 5.91 Å². The van der Waals surface area contributed by atoms with Crippen LogP contribution in [0.15, 0.2) is 12.1 Å². The summed E-state index contributed by atoms with van der Waals surface area (Å²) >= 11 is 0. The molecule has 0 unspecified atom stereocenters. The van der Waals surface area contributed by atoms with Gasteiger partial charge in [-0.15, -0.1) is 0 Å². The normalized spacial score (nSPS) is 16.1. The topological polar surface area (TPSA) is 59.2 Å². The van der Waals surface area contributed by atoms with E-state index in [0.717, 1.165) is 18.7 Å². The molecular weight excluding hydrogens is 250 g/mol. The van der Waals surface area contributed by atoms with Crippen LogP contribution in [0.25, 0.3) is 0 Å². The Bertz CT molecular complexity index is 467. The molecule has 1 amide bonds. The molecule has 110 valence electrons. The maximum atomic E-state index is 12.5. The Morgan fingerprint density at radius 1 is 1.35 bits per heavy atom. The molecule has 2 rings (SSSR count). The first kappa shape index (κ1) is 14.8. The van der Waals surface area contributed by atoms with Crippen LogP contribution in [-0.2, 0) is 6.42 Å². The Balaban J connectivity index is 2.03. The number of anilines is 1. The van der Waals surface area contributed by atoms with E-state index in [9.17, 15) is 4.79 Å². The number of pyridine rings is 1. The third-order valence-electron chi connectivity index (χ3n) is 4.11. The van der Waals surface area contributed by atoms with Crippen LogP contribution in [0.1, 0.15) is 55.1 Å². The van der Waals surface area contributed by atoms with Crippen LogP contribution in [0.2, 0.25) is 0 Å². The molecule has 0 spiro atoms. The largest absolute Gasteiger partial charge is 0.384 e. The highest BCUT2D eigenvalue weighted by Crippen LogP contribution is 2.24. The average molecular weight is 275 g/mol. The highest BCUT2D eigenvalue weighted by atomic mass is 16.2. The van der Waals surface area contributed by atoms with Gasteiger partial charge in [0, 0.05) is 24.8 Å². The molecule has 0 aliphatic heterocycles. The Kier molecular flexibility index (Phi) is 4.99. The molecule has 1 aliphatic rings. The zero-order valence-corrected chi connectivity index (χ0v) is 12.6. The first-order valence-electron chi connectivity index (χ1n) is 7.62. The van der Waals surface area contributed by atoms with Crippen molar-refractivity contribution in [3.8, 4) is 0 Å². The lowest BCUT2D eigenvalue weighted by atomic mass is 9.89. The molecule has 1 aromatic rings. The van der Waals surface area contributed by atoms with Crippen LogP contribution >= 0.6 is 0 Å². The van der Waals surface area contributed by atoms with Crippen molar-refractivity contribution in [2.24, 2.45) is 5.92 Å². The first-order chi connectivity index (χ1) is 9.60. The van der Waals surface area contributed by atoms with Crippen molar-refractivity contribution in [3.05, 3.63) is 23.4 Å². The van der Waals surface area contributed by atoms with Gasteiger partial charge < -0.3 is 10.6 Å². The quantitative estimate of drug-likeness (QED) is 0.919. The van der Waals surface area contributed by atoms with E-state index in [1.807, 2.05) is 24.9 Å². The lowest BCUT2D eigenvalue weighted by Crippen LogP contribution is -2.32. The number of hydrogen-bond acceptors (Lipinski definition) is 3. The van der Waals surface area contributed by atoms with Gasteiger partial charge in [0.05, 0.1) is 0 Å². The number of nitrogen functional groups attached to an aromatic ring is 1. The molecule has 4 nitrogen and oxygen atoms in total. The number of aryl methyl sites for hydroxylation is 1.